The van der Waals surface area contributed by atoms with Gasteiger partial charge in [-0.15, -0.1) is 0 Å². The molecular formula is C20H20BClF3N2O3S. The van der Waals surface area contributed by atoms with E-state index in [-0.39, 0.29) is 34.7 Å². The van der Waals surface area contributed by atoms with Crippen molar-refractivity contribution in [3.05, 3.63) is 52.2 Å². The zero-order valence-corrected chi connectivity index (χ0v) is 18.4. The van der Waals surface area contributed by atoms with Crippen LogP contribution in [-0.2, 0) is 9.39 Å². The van der Waals surface area contributed by atoms with Crippen molar-refractivity contribution in [2.45, 2.75) is 36.7 Å². The normalized spacial score (nSPS) is 17.0. The van der Waals surface area contributed by atoms with Crippen LogP contribution in [-0.4, -0.2) is 38.2 Å². The number of nitrogens with one attached hydrogen (secondary N) is 1. The van der Waals surface area contributed by atoms with Crippen LogP contribution in [0.5, 0.6) is 0 Å². The fraction of sp³-hybridized carbons (Fsp3) is 0.400. The van der Waals surface area contributed by atoms with Gasteiger partial charge in [-0.05, 0) is 54.4 Å². The van der Waals surface area contributed by atoms with Crippen molar-refractivity contribution in [3.63, 3.8) is 0 Å². The van der Waals surface area contributed by atoms with E-state index in [9.17, 15) is 23.2 Å². The molecule has 1 aliphatic rings. The van der Waals surface area contributed by atoms with Gasteiger partial charge in [0.25, 0.3) is 5.91 Å². The number of nitrogens with zero attached hydrogens (tertiary/aromatic N) is 1. The van der Waals surface area contributed by atoms with Gasteiger partial charge in [-0.3, -0.25) is 4.79 Å². The highest BCUT2D eigenvalue weighted by molar-refractivity contribution is 8.00. The number of carbonyl (C=O) groups excluding carboxylic acids is 1. The minimum absolute atomic E-state index is 0.0388. The van der Waals surface area contributed by atoms with Crippen molar-refractivity contribution in [2.75, 3.05) is 13.2 Å². The minimum Gasteiger partial charge on any atom is -0.489 e. The molecular weight excluding hydrogens is 452 g/mol. The first kappa shape index (κ1) is 25.2. The fourth-order valence-electron chi connectivity index (χ4n) is 2.53. The molecule has 1 aromatic rings. The summed E-state index contributed by atoms with van der Waals surface area (Å²) < 4.78 is 48.1. The number of benzene rings is 1. The number of amides is 1. The molecule has 31 heavy (non-hydrogen) atoms. The van der Waals surface area contributed by atoms with Gasteiger partial charge in [0.05, 0.1) is 11.1 Å². The van der Waals surface area contributed by atoms with Crippen molar-refractivity contribution >= 4 is 36.8 Å². The van der Waals surface area contributed by atoms with E-state index in [4.69, 9.17) is 21.0 Å². The molecule has 5 nitrogen and oxygen atoms in total. The average molecular weight is 472 g/mol. The molecule has 11 heteroatoms. The Hall–Kier alpha value is -2.09. The molecule has 1 amide bonds. The van der Waals surface area contributed by atoms with Crippen molar-refractivity contribution < 1.29 is 27.4 Å². The van der Waals surface area contributed by atoms with Gasteiger partial charge in [0.1, 0.15) is 12.4 Å². The number of thioether (sulfide) groups is 1. The second-order valence-corrected chi connectivity index (χ2v) is 8.41. The molecule has 1 radical (unpaired) electrons. The van der Waals surface area contributed by atoms with Crippen LogP contribution in [0.2, 0.25) is 0 Å². The molecule has 1 N–H and O–H groups in total. The maximum atomic E-state index is 12.4. The first-order chi connectivity index (χ1) is 14.6. The number of nitriles is 1. The number of hydrogen-bond donors (Lipinski definition) is 1. The number of ether oxygens (including phenoxy) is 1. The topological polar surface area (TPSA) is 71.3 Å². The van der Waals surface area contributed by atoms with Crippen LogP contribution in [0.4, 0.5) is 13.2 Å². The molecule has 0 aromatic heterocycles. The van der Waals surface area contributed by atoms with E-state index in [1.807, 2.05) is 19.9 Å². The van der Waals surface area contributed by atoms with E-state index >= 15 is 0 Å². The summed E-state index contributed by atoms with van der Waals surface area (Å²) >= 11 is 6.14. The number of rotatable bonds is 8. The molecule has 1 heterocycles. The van der Waals surface area contributed by atoms with Crippen molar-refractivity contribution in [1.82, 2.24) is 5.32 Å². The monoisotopic (exact) mass is 471 g/mol. The van der Waals surface area contributed by atoms with Gasteiger partial charge in [0, 0.05) is 17.1 Å². The van der Waals surface area contributed by atoms with Crippen LogP contribution in [0.25, 0.3) is 0 Å². The lowest BCUT2D eigenvalue weighted by atomic mass is 9.87. The molecule has 0 spiro atoms. The fourth-order valence-corrected chi connectivity index (χ4v) is 3.32. The van der Waals surface area contributed by atoms with Crippen LogP contribution >= 0.6 is 23.4 Å². The van der Waals surface area contributed by atoms with E-state index in [2.05, 4.69) is 5.32 Å². The van der Waals surface area contributed by atoms with Gasteiger partial charge in [-0.1, -0.05) is 30.9 Å². The van der Waals surface area contributed by atoms with Gasteiger partial charge in [0.2, 0.25) is 0 Å². The van der Waals surface area contributed by atoms with Gasteiger partial charge in [-0.25, -0.2) is 0 Å². The zero-order chi connectivity index (χ0) is 23.0. The van der Waals surface area contributed by atoms with Crippen molar-refractivity contribution in [3.8, 4) is 6.07 Å². The Bertz CT molecular complexity index is 875. The van der Waals surface area contributed by atoms with Crippen LogP contribution in [0.3, 0.4) is 0 Å². The third kappa shape index (κ3) is 8.52. The number of allylic oxidation sites excluding steroid dienone is 2. The number of hydrogen-bond acceptors (Lipinski definition) is 5. The Kier molecular flexibility index (Phi) is 9.35. The van der Waals surface area contributed by atoms with Crippen LogP contribution in [0.1, 0.15) is 30.6 Å². The third-order valence-corrected chi connectivity index (χ3v) is 5.08. The molecule has 0 bridgehead atoms. The maximum Gasteiger partial charge on any atom is 0.446 e. The highest BCUT2D eigenvalue weighted by atomic mass is 35.5. The predicted molar refractivity (Wildman–Crippen MR) is 113 cm³/mol. The summed E-state index contributed by atoms with van der Waals surface area (Å²) in [6.07, 6.45) is 2.44. The second kappa shape index (κ2) is 11.5. The SMILES string of the molecule is CC(C)/C=C(OCC(C#N)NC(=O)c1ccc(SC(F)(F)F)cc1)\C(Cl)=C1\[B]OCC1. The average Bonchev–Trinajstić information content (AvgIpc) is 3.23. The summed E-state index contributed by atoms with van der Waals surface area (Å²) in [7, 11) is 1.56. The molecule has 1 saturated heterocycles. The van der Waals surface area contributed by atoms with E-state index in [0.29, 0.717) is 23.8 Å². The highest BCUT2D eigenvalue weighted by Gasteiger charge is 2.29. The van der Waals surface area contributed by atoms with Gasteiger partial charge in [0.15, 0.2) is 6.04 Å². The lowest BCUT2D eigenvalue weighted by molar-refractivity contribution is -0.0328. The van der Waals surface area contributed by atoms with Gasteiger partial charge >= 0.3 is 13.0 Å². The largest absolute Gasteiger partial charge is 0.489 e. The van der Waals surface area contributed by atoms with Gasteiger partial charge < -0.3 is 14.7 Å². The molecule has 0 aliphatic carbocycles. The molecule has 1 unspecified atom stereocenters. The van der Waals surface area contributed by atoms with E-state index < -0.39 is 17.5 Å². The Morgan fingerprint density at radius 2 is 2.10 bits per heavy atom. The predicted octanol–water partition coefficient (Wildman–Crippen LogP) is 4.97. The summed E-state index contributed by atoms with van der Waals surface area (Å²) in [5, 5.41) is 12.3. The van der Waals surface area contributed by atoms with Crippen molar-refractivity contribution in [1.29, 1.82) is 5.26 Å². The molecule has 1 fully saturated rings. The minimum atomic E-state index is -4.41. The quantitative estimate of drug-likeness (QED) is 0.329. The number of alkyl halides is 3. The molecule has 1 aromatic carbocycles. The lowest BCUT2D eigenvalue weighted by Gasteiger charge is -2.17. The van der Waals surface area contributed by atoms with Crippen LogP contribution in [0, 0.1) is 17.2 Å². The summed E-state index contributed by atoms with van der Waals surface area (Å²) in [5.74, 6) is -0.0959. The first-order valence-corrected chi connectivity index (χ1v) is 10.5. The molecule has 1 aliphatic heterocycles. The van der Waals surface area contributed by atoms with E-state index in [0.717, 1.165) is 5.47 Å². The van der Waals surface area contributed by atoms with Crippen molar-refractivity contribution in [2.24, 2.45) is 5.92 Å². The van der Waals surface area contributed by atoms with E-state index in [1.165, 1.54) is 24.3 Å². The Morgan fingerprint density at radius 3 is 2.61 bits per heavy atom. The zero-order valence-electron chi connectivity index (χ0n) is 16.8. The summed E-state index contributed by atoms with van der Waals surface area (Å²) in [5.41, 5.74) is -3.50. The number of halogens is 4. The van der Waals surface area contributed by atoms with Crippen LogP contribution < -0.4 is 5.32 Å². The molecule has 2 rings (SSSR count). The van der Waals surface area contributed by atoms with Crippen LogP contribution in [0.15, 0.2) is 51.5 Å². The van der Waals surface area contributed by atoms with Gasteiger partial charge in [-0.2, -0.15) is 18.4 Å². The smallest absolute Gasteiger partial charge is 0.446 e. The standard InChI is InChI=1S/C20H20BClF3N2O3S/c1-12(2)9-17(18(22)16-7-8-30-21-16)29-11-14(10-26)27-19(28)13-3-5-15(6-4-13)31-20(23,24)25/h3-6,9,12,14H,7-8,11H2,1-2H3,(H,27,28)/b17-9+,18-16-. The molecule has 0 saturated carbocycles. The maximum absolute atomic E-state index is 12.4. The summed E-state index contributed by atoms with van der Waals surface area (Å²) in [4.78, 5) is 12.3. The Balaban J connectivity index is 2.01. The summed E-state index contributed by atoms with van der Waals surface area (Å²) in [6.45, 7) is 4.25. The summed E-state index contributed by atoms with van der Waals surface area (Å²) in [6, 6.07) is 5.86. The molecule has 1 atom stereocenters. The highest BCUT2D eigenvalue weighted by Crippen LogP contribution is 2.36. The Morgan fingerprint density at radius 1 is 1.42 bits per heavy atom. The van der Waals surface area contributed by atoms with E-state index in [1.54, 1.807) is 13.6 Å². The Labute approximate surface area is 188 Å². The number of carbonyl (C=O) groups is 1. The first-order valence-electron chi connectivity index (χ1n) is 9.33. The lowest BCUT2D eigenvalue weighted by Crippen LogP contribution is -2.37. The molecule has 165 valence electrons. The second-order valence-electron chi connectivity index (χ2n) is 6.89. The third-order valence-electron chi connectivity index (χ3n) is 3.91.